The van der Waals surface area contributed by atoms with Crippen molar-refractivity contribution in [1.29, 1.82) is 0 Å². The van der Waals surface area contributed by atoms with Crippen LogP contribution in [-0.4, -0.2) is 36.2 Å². The molecule has 1 N–H and O–H groups in total. The highest BCUT2D eigenvalue weighted by Gasteiger charge is 2.12. The molecule has 0 aliphatic rings. The molecule has 6 heteroatoms. The molecule has 0 aromatic carbocycles. The van der Waals surface area contributed by atoms with E-state index in [0.29, 0.717) is 18.8 Å². The third-order valence-electron chi connectivity index (χ3n) is 2.85. The minimum atomic E-state index is -2.38. The van der Waals surface area contributed by atoms with Gasteiger partial charge in [-0.2, -0.15) is 0 Å². The number of aromatic nitrogens is 2. The molecule has 19 heavy (non-hydrogen) atoms. The number of fused-ring (bicyclic) bond motifs is 1. The van der Waals surface area contributed by atoms with Gasteiger partial charge in [0.1, 0.15) is 5.65 Å². The zero-order valence-electron chi connectivity index (χ0n) is 10.8. The van der Waals surface area contributed by atoms with Crippen LogP contribution >= 0.6 is 0 Å². The first-order chi connectivity index (χ1) is 9.22. The summed E-state index contributed by atoms with van der Waals surface area (Å²) in [5, 5.41) is 4.12. The van der Waals surface area contributed by atoms with Crippen molar-refractivity contribution in [2.24, 2.45) is 0 Å². The van der Waals surface area contributed by atoms with Gasteiger partial charge in [-0.15, -0.1) is 0 Å². The van der Waals surface area contributed by atoms with Crippen LogP contribution < -0.4 is 5.32 Å². The molecule has 0 saturated carbocycles. The zero-order valence-corrected chi connectivity index (χ0v) is 10.8. The maximum Gasteiger partial charge on any atom is 0.256 e. The molecule has 0 saturated heterocycles. The fourth-order valence-corrected chi connectivity index (χ4v) is 2.02. The average Bonchev–Trinajstić information content (AvgIpc) is 2.73. The largest absolute Gasteiger partial charge is 0.383 e. The topological polar surface area (TPSA) is 39.1 Å². The Kier molecular flexibility index (Phi) is 4.81. The van der Waals surface area contributed by atoms with E-state index in [2.05, 4.69) is 10.3 Å². The molecule has 0 fully saturated rings. The third kappa shape index (κ3) is 3.48. The van der Waals surface area contributed by atoms with Crippen LogP contribution in [0.5, 0.6) is 0 Å². The van der Waals surface area contributed by atoms with Gasteiger partial charge in [0.25, 0.3) is 6.43 Å². The van der Waals surface area contributed by atoms with E-state index in [-0.39, 0.29) is 6.54 Å². The van der Waals surface area contributed by atoms with Crippen LogP contribution in [0.4, 0.5) is 8.78 Å². The molecular formula is C13H17F2N3O. The molecule has 0 spiro atoms. The van der Waals surface area contributed by atoms with Crippen molar-refractivity contribution in [2.75, 3.05) is 20.3 Å². The van der Waals surface area contributed by atoms with Crippen LogP contribution in [0, 0.1) is 0 Å². The second kappa shape index (κ2) is 6.58. The van der Waals surface area contributed by atoms with Crippen molar-refractivity contribution in [3.63, 3.8) is 0 Å². The Hall–Kier alpha value is -1.53. The monoisotopic (exact) mass is 269 g/mol. The highest BCUT2D eigenvalue weighted by Crippen LogP contribution is 2.20. The molecule has 104 valence electrons. The Balaban J connectivity index is 2.18. The summed E-state index contributed by atoms with van der Waals surface area (Å²) >= 11 is 0. The third-order valence-corrected chi connectivity index (χ3v) is 2.85. The summed E-state index contributed by atoms with van der Waals surface area (Å²) in [6.45, 7) is 1.62. The summed E-state index contributed by atoms with van der Waals surface area (Å²) in [5.74, 6) is 0. The van der Waals surface area contributed by atoms with E-state index in [0.717, 1.165) is 17.5 Å². The lowest BCUT2D eigenvalue weighted by Gasteiger charge is -2.02. The van der Waals surface area contributed by atoms with Crippen LogP contribution in [0.15, 0.2) is 24.5 Å². The normalized spacial score (nSPS) is 11.6. The van der Waals surface area contributed by atoms with Crippen LogP contribution in [0.25, 0.3) is 11.0 Å². The second-order valence-corrected chi connectivity index (χ2v) is 4.24. The van der Waals surface area contributed by atoms with Gasteiger partial charge >= 0.3 is 0 Å². The molecule has 0 amide bonds. The molecule has 0 atom stereocenters. The van der Waals surface area contributed by atoms with Crippen LogP contribution in [-0.2, 0) is 17.8 Å². The van der Waals surface area contributed by atoms with E-state index in [1.807, 2.05) is 12.1 Å². The van der Waals surface area contributed by atoms with Crippen molar-refractivity contribution >= 4 is 11.0 Å². The van der Waals surface area contributed by atoms with E-state index >= 15 is 0 Å². The number of halogens is 2. The van der Waals surface area contributed by atoms with E-state index < -0.39 is 6.43 Å². The molecule has 2 aromatic rings. The summed E-state index contributed by atoms with van der Waals surface area (Å²) in [7, 11) is 1.64. The molecule has 0 radical (unpaired) electrons. The Morgan fingerprint density at radius 1 is 1.47 bits per heavy atom. The summed E-state index contributed by atoms with van der Waals surface area (Å²) in [4.78, 5) is 4.18. The SMILES string of the molecule is COCCNCc1cn(CC(F)F)c2ncccc12. The van der Waals surface area contributed by atoms with Crippen molar-refractivity contribution in [1.82, 2.24) is 14.9 Å². The van der Waals surface area contributed by atoms with Crippen LogP contribution in [0.3, 0.4) is 0 Å². The van der Waals surface area contributed by atoms with Crippen LogP contribution in [0.2, 0.25) is 0 Å². The minimum Gasteiger partial charge on any atom is -0.383 e. The highest BCUT2D eigenvalue weighted by molar-refractivity contribution is 5.80. The smallest absolute Gasteiger partial charge is 0.256 e. The standard InChI is InChI=1S/C13H17F2N3O/c1-19-6-5-16-7-10-8-18(9-12(14)15)13-11(10)3-2-4-17-13/h2-4,8,12,16H,5-7,9H2,1H3. The Labute approximate surface area is 110 Å². The quantitative estimate of drug-likeness (QED) is 0.782. The van der Waals surface area contributed by atoms with Gasteiger partial charge in [0.15, 0.2) is 0 Å². The van der Waals surface area contributed by atoms with E-state index in [1.54, 1.807) is 19.5 Å². The minimum absolute atomic E-state index is 0.328. The molecule has 0 unspecified atom stereocenters. The molecule has 2 heterocycles. The van der Waals surface area contributed by atoms with E-state index in [9.17, 15) is 8.78 Å². The molecule has 0 bridgehead atoms. The number of nitrogens with zero attached hydrogens (tertiary/aromatic N) is 2. The number of hydrogen-bond donors (Lipinski definition) is 1. The van der Waals surface area contributed by atoms with E-state index in [1.165, 1.54) is 4.57 Å². The van der Waals surface area contributed by atoms with Gasteiger partial charge in [-0.3, -0.25) is 0 Å². The summed E-state index contributed by atoms with van der Waals surface area (Å²) in [6, 6.07) is 3.71. The van der Waals surface area contributed by atoms with Gasteiger partial charge in [0.2, 0.25) is 0 Å². The number of pyridine rings is 1. The summed E-state index contributed by atoms with van der Waals surface area (Å²) < 4.78 is 31.5. The lowest BCUT2D eigenvalue weighted by Crippen LogP contribution is -2.18. The number of methoxy groups -OCH3 is 1. The van der Waals surface area contributed by atoms with Crippen molar-refractivity contribution < 1.29 is 13.5 Å². The number of hydrogen-bond acceptors (Lipinski definition) is 3. The number of rotatable bonds is 7. The maximum atomic E-state index is 12.5. The Bertz CT molecular complexity index is 528. The lowest BCUT2D eigenvalue weighted by atomic mass is 10.2. The molecule has 0 aliphatic heterocycles. The molecule has 2 rings (SSSR count). The van der Waals surface area contributed by atoms with Crippen molar-refractivity contribution in [2.45, 2.75) is 19.5 Å². The van der Waals surface area contributed by atoms with Crippen molar-refractivity contribution in [3.8, 4) is 0 Å². The summed E-state index contributed by atoms with van der Waals surface area (Å²) in [6.07, 6.45) is 0.975. The van der Waals surface area contributed by atoms with Gasteiger partial charge in [0.05, 0.1) is 13.2 Å². The Morgan fingerprint density at radius 2 is 2.32 bits per heavy atom. The fraction of sp³-hybridized carbons (Fsp3) is 0.462. The van der Waals surface area contributed by atoms with Crippen LogP contribution in [0.1, 0.15) is 5.56 Å². The predicted octanol–water partition coefficient (Wildman–Crippen LogP) is 2.04. The Morgan fingerprint density at radius 3 is 3.05 bits per heavy atom. The fourth-order valence-electron chi connectivity index (χ4n) is 2.02. The molecular weight excluding hydrogens is 252 g/mol. The second-order valence-electron chi connectivity index (χ2n) is 4.24. The first-order valence-corrected chi connectivity index (χ1v) is 6.13. The van der Waals surface area contributed by atoms with Gasteiger partial charge in [-0.25, -0.2) is 13.8 Å². The highest BCUT2D eigenvalue weighted by atomic mass is 19.3. The molecule has 0 aliphatic carbocycles. The number of alkyl halides is 2. The number of nitrogens with one attached hydrogen (secondary N) is 1. The maximum absolute atomic E-state index is 12.5. The average molecular weight is 269 g/mol. The zero-order chi connectivity index (χ0) is 13.7. The molecule has 2 aromatic heterocycles. The number of ether oxygens (including phenoxy) is 1. The first-order valence-electron chi connectivity index (χ1n) is 6.13. The first kappa shape index (κ1) is 13.9. The predicted molar refractivity (Wildman–Crippen MR) is 69.3 cm³/mol. The molecule has 4 nitrogen and oxygen atoms in total. The summed E-state index contributed by atoms with van der Waals surface area (Å²) in [5.41, 5.74) is 1.58. The van der Waals surface area contributed by atoms with Gasteiger partial charge in [-0.05, 0) is 17.7 Å². The van der Waals surface area contributed by atoms with Crippen molar-refractivity contribution in [3.05, 3.63) is 30.1 Å². The van der Waals surface area contributed by atoms with Gasteiger partial charge in [-0.1, -0.05) is 0 Å². The lowest BCUT2D eigenvalue weighted by molar-refractivity contribution is 0.128. The van der Waals surface area contributed by atoms with Gasteiger partial charge < -0.3 is 14.6 Å². The van der Waals surface area contributed by atoms with Gasteiger partial charge in [0, 0.05) is 38.0 Å². The van der Waals surface area contributed by atoms with E-state index in [4.69, 9.17) is 4.74 Å².